The molecule has 162 valence electrons. The molecule has 1 aliphatic heterocycles. The standard InChI is InChI=1S/C24H35N5O/c1-4-25-24(27-18-22-7-5-6-8-23(22)30-3)26-17-20-9-11-21(12-10-20)19-29-15-13-28(2)14-16-29/h5-12H,4,13-19H2,1-3H3,(H2,25,26,27). The van der Waals surface area contributed by atoms with E-state index in [0.29, 0.717) is 13.1 Å². The molecule has 0 bridgehead atoms. The predicted octanol–water partition coefficient (Wildman–Crippen LogP) is 2.70. The molecule has 2 aromatic rings. The normalized spacial score (nSPS) is 15.8. The highest BCUT2D eigenvalue weighted by atomic mass is 16.5. The Morgan fingerprint density at radius 1 is 0.967 bits per heavy atom. The molecule has 0 atom stereocenters. The van der Waals surface area contributed by atoms with Gasteiger partial charge in [-0.05, 0) is 31.2 Å². The van der Waals surface area contributed by atoms with E-state index in [1.54, 1.807) is 7.11 Å². The number of hydrogen-bond donors (Lipinski definition) is 2. The number of ether oxygens (including phenoxy) is 1. The first-order valence-electron chi connectivity index (χ1n) is 10.8. The van der Waals surface area contributed by atoms with Crippen LogP contribution in [0.4, 0.5) is 0 Å². The van der Waals surface area contributed by atoms with E-state index in [9.17, 15) is 0 Å². The summed E-state index contributed by atoms with van der Waals surface area (Å²) in [4.78, 5) is 9.66. The molecule has 1 fully saturated rings. The van der Waals surface area contributed by atoms with Crippen molar-refractivity contribution in [3.63, 3.8) is 0 Å². The Morgan fingerprint density at radius 3 is 2.37 bits per heavy atom. The molecule has 6 heteroatoms. The highest BCUT2D eigenvalue weighted by Gasteiger charge is 2.13. The molecule has 0 radical (unpaired) electrons. The summed E-state index contributed by atoms with van der Waals surface area (Å²) in [5, 5.41) is 6.72. The second kappa shape index (κ2) is 11.6. The van der Waals surface area contributed by atoms with Gasteiger partial charge in [0.2, 0.25) is 0 Å². The van der Waals surface area contributed by atoms with Crippen LogP contribution in [0, 0.1) is 0 Å². The Balaban J connectivity index is 1.53. The number of likely N-dealkylation sites (N-methyl/N-ethyl adjacent to an activating group) is 1. The minimum absolute atomic E-state index is 0.649. The topological polar surface area (TPSA) is 52.1 Å². The molecule has 0 aromatic heterocycles. The summed E-state index contributed by atoms with van der Waals surface area (Å²) >= 11 is 0. The van der Waals surface area contributed by atoms with Crippen LogP contribution in [0.3, 0.4) is 0 Å². The highest BCUT2D eigenvalue weighted by Crippen LogP contribution is 2.16. The number of hydrogen-bond acceptors (Lipinski definition) is 4. The van der Waals surface area contributed by atoms with E-state index in [0.717, 1.165) is 56.5 Å². The van der Waals surface area contributed by atoms with Gasteiger partial charge in [-0.3, -0.25) is 4.90 Å². The molecule has 30 heavy (non-hydrogen) atoms. The Labute approximate surface area is 180 Å². The number of rotatable bonds is 8. The second-order valence-corrected chi connectivity index (χ2v) is 7.76. The zero-order valence-electron chi connectivity index (χ0n) is 18.5. The smallest absolute Gasteiger partial charge is 0.191 e. The fraction of sp³-hybridized carbons (Fsp3) is 0.458. The van der Waals surface area contributed by atoms with Crippen molar-refractivity contribution < 1.29 is 4.74 Å². The SMILES string of the molecule is CCNC(=NCc1ccc(CN2CCN(C)CC2)cc1)NCc1ccccc1OC. The van der Waals surface area contributed by atoms with Crippen LogP contribution in [0.5, 0.6) is 5.75 Å². The number of nitrogens with zero attached hydrogens (tertiary/aromatic N) is 3. The first-order valence-corrected chi connectivity index (χ1v) is 10.8. The summed E-state index contributed by atoms with van der Waals surface area (Å²) in [6.07, 6.45) is 0. The summed E-state index contributed by atoms with van der Waals surface area (Å²) in [5.41, 5.74) is 3.69. The number of nitrogens with one attached hydrogen (secondary N) is 2. The van der Waals surface area contributed by atoms with Crippen molar-refractivity contribution in [2.24, 2.45) is 4.99 Å². The molecule has 0 spiro atoms. The zero-order valence-corrected chi connectivity index (χ0v) is 18.5. The first kappa shape index (κ1) is 22.1. The zero-order chi connectivity index (χ0) is 21.2. The van der Waals surface area contributed by atoms with Crippen LogP contribution in [0.1, 0.15) is 23.6 Å². The van der Waals surface area contributed by atoms with E-state index in [1.807, 2.05) is 18.2 Å². The summed E-state index contributed by atoms with van der Waals surface area (Å²) < 4.78 is 5.43. The van der Waals surface area contributed by atoms with Crippen molar-refractivity contribution in [3.05, 3.63) is 65.2 Å². The van der Waals surface area contributed by atoms with Crippen LogP contribution in [-0.4, -0.2) is 62.6 Å². The molecule has 0 unspecified atom stereocenters. The third-order valence-electron chi connectivity index (χ3n) is 5.43. The molecule has 2 aromatic carbocycles. The Morgan fingerprint density at radius 2 is 1.67 bits per heavy atom. The lowest BCUT2D eigenvalue weighted by Crippen LogP contribution is -2.43. The van der Waals surface area contributed by atoms with Gasteiger partial charge in [0.15, 0.2) is 5.96 Å². The Kier molecular flexibility index (Phi) is 8.53. The first-order chi connectivity index (χ1) is 14.7. The van der Waals surface area contributed by atoms with Crippen molar-refractivity contribution in [1.82, 2.24) is 20.4 Å². The van der Waals surface area contributed by atoms with Gasteiger partial charge < -0.3 is 20.3 Å². The molecule has 0 saturated carbocycles. The number of aliphatic imine (C=N–C) groups is 1. The molecular weight excluding hydrogens is 374 g/mol. The molecule has 3 rings (SSSR count). The van der Waals surface area contributed by atoms with Crippen LogP contribution < -0.4 is 15.4 Å². The maximum absolute atomic E-state index is 5.43. The van der Waals surface area contributed by atoms with Gasteiger partial charge in [0.1, 0.15) is 5.75 Å². The van der Waals surface area contributed by atoms with Crippen molar-refractivity contribution in [3.8, 4) is 5.75 Å². The molecule has 1 aliphatic rings. The summed E-state index contributed by atoms with van der Waals surface area (Å²) in [5.74, 6) is 1.70. The van der Waals surface area contributed by atoms with E-state index in [4.69, 9.17) is 9.73 Å². The molecule has 1 heterocycles. The predicted molar refractivity (Wildman–Crippen MR) is 124 cm³/mol. The molecule has 0 aliphatic carbocycles. The van der Waals surface area contributed by atoms with Crippen LogP contribution in [0.2, 0.25) is 0 Å². The minimum Gasteiger partial charge on any atom is -0.496 e. The van der Waals surface area contributed by atoms with Gasteiger partial charge in [0, 0.05) is 51.4 Å². The molecular formula is C24H35N5O. The average molecular weight is 410 g/mol. The van der Waals surface area contributed by atoms with Gasteiger partial charge in [0.05, 0.1) is 13.7 Å². The van der Waals surface area contributed by atoms with E-state index >= 15 is 0 Å². The number of benzene rings is 2. The van der Waals surface area contributed by atoms with Gasteiger partial charge in [0.25, 0.3) is 0 Å². The van der Waals surface area contributed by atoms with Crippen LogP contribution in [0.15, 0.2) is 53.5 Å². The fourth-order valence-corrected chi connectivity index (χ4v) is 3.55. The lowest BCUT2D eigenvalue weighted by atomic mass is 10.1. The quantitative estimate of drug-likeness (QED) is 0.519. The van der Waals surface area contributed by atoms with Crippen LogP contribution >= 0.6 is 0 Å². The molecule has 2 N–H and O–H groups in total. The Bertz CT molecular complexity index is 797. The maximum Gasteiger partial charge on any atom is 0.191 e. The number of methoxy groups -OCH3 is 1. The van der Waals surface area contributed by atoms with Crippen molar-refractivity contribution in [1.29, 1.82) is 0 Å². The highest BCUT2D eigenvalue weighted by molar-refractivity contribution is 5.79. The summed E-state index contributed by atoms with van der Waals surface area (Å²) in [6.45, 7) is 9.84. The van der Waals surface area contributed by atoms with Gasteiger partial charge in [-0.1, -0.05) is 42.5 Å². The van der Waals surface area contributed by atoms with Gasteiger partial charge in [-0.25, -0.2) is 4.99 Å². The minimum atomic E-state index is 0.649. The summed E-state index contributed by atoms with van der Waals surface area (Å²) in [7, 11) is 3.89. The lowest BCUT2D eigenvalue weighted by Gasteiger charge is -2.32. The van der Waals surface area contributed by atoms with Crippen molar-refractivity contribution in [2.75, 3.05) is 46.9 Å². The van der Waals surface area contributed by atoms with Gasteiger partial charge in [-0.2, -0.15) is 0 Å². The largest absolute Gasteiger partial charge is 0.496 e. The third kappa shape index (κ3) is 6.75. The lowest BCUT2D eigenvalue weighted by molar-refractivity contribution is 0.148. The second-order valence-electron chi connectivity index (χ2n) is 7.76. The van der Waals surface area contributed by atoms with E-state index in [-0.39, 0.29) is 0 Å². The molecule has 6 nitrogen and oxygen atoms in total. The molecule has 0 amide bonds. The number of guanidine groups is 1. The number of para-hydroxylation sites is 1. The summed E-state index contributed by atoms with van der Waals surface area (Å²) in [6, 6.07) is 16.9. The monoisotopic (exact) mass is 409 g/mol. The van der Waals surface area contributed by atoms with Crippen molar-refractivity contribution in [2.45, 2.75) is 26.6 Å². The molecule has 1 saturated heterocycles. The van der Waals surface area contributed by atoms with Gasteiger partial charge >= 0.3 is 0 Å². The van der Waals surface area contributed by atoms with E-state index < -0.39 is 0 Å². The number of piperazine rings is 1. The van der Waals surface area contributed by atoms with Gasteiger partial charge in [-0.15, -0.1) is 0 Å². The van der Waals surface area contributed by atoms with Crippen molar-refractivity contribution >= 4 is 5.96 Å². The van der Waals surface area contributed by atoms with Crippen LogP contribution in [0.25, 0.3) is 0 Å². The van der Waals surface area contributed by atoms with E-state index in [1.165, 1.54) is 11.1 Å². The van der Waals surface area contributed by atoms with Crippen LogP contribution in [-0.2, 0) is 19.6 Å². The van der Waals surface area contributed by atoms with E-state index in [2.05, 4.69) is 64.7 Å². The maximum atomic E-state index is 5.43. The average Bonchev–Trinajstić information content (AvgIpc) is 2.78. The Hall–Kier alpha value is -2.57. The fourth-order valence-electron chi connectivity index (χ4n) is 3.55. The third-order valence-corrected chi connectivity index (χ3v) is 5.43.